The molecule has 0 saturated heterocycles. The van der Waals surface area contributed by atoms with Crippen molar-refractivity contribution in [3.05, 3.63) is 158 Å². The molecule has 0 unspecified atom stereocenters. The minimum atomic E-state index is -3.17. The highest BCUT2D eigenvalue weighted by Crippen LogP contribution is 2.42. The summed E-state index contributed by atoms with van der Waals surface area (Å²) in [6.45, 7) is 10.1. The largest absolute Gasteiger partial charge is 0.867 e. The molecule has 0 saturated carbocycles. The van der Waals surface area contributed by atoms with E-state index >= 15 is 0 Å². The molecule has 0 amide bonds. The van der Waals surface area contributed by atoms with Gasteiger partial charge in [0.15, 0.2) is 23.0 Å². The summed E-state index contributed by atoms with van der Waals surface area (Å²) in [7, 11) is 3.49. The first kappa shape index (κ1) is 58.6. The normalized spacial score (nSPS) is 10.5. The number of benzene rings is 6. The third kappa shape index (κ3) is 18.3. The van der Waals surface area contributed by atoms with Crippen molar-refractivity contribution in [3.8, 4) is 68.2 Å². The van der Waals surface area contributed by atoms with Crippen LogP contribution in [0.2, 0.25) is 0 Å². The van der Waals surface area contributed by atoms with Gasteiger partial charge in [-0.2, -0.15) is 8.83 Å². The van der Waals surface area contributed by atoms with Gasteiger partial charge in [-0.3, -0.25) is 0 Å². The molecule has 18 heteroatoms. The Hall–Kier alpha value is -6.67. The molecule has 0 fully saturated rings. The van der Waals surface area contributed by atoms with Crippen LogP contribution in [0.5, 0.6) is 46.0 Å². The van der Waals surface area contributed by atoms with Crippen molar-refractivity contribution in [2.75, 3.05) is 54.9 Å². The maximum absolute atomic E-state index is 9.89. The number of hydrogen-bond donors (Lipinski definition) is 0. The molecule has 0 atom stereocenters. The average Bonchev–Trinajstić information content (AvgIpc) is 3.43. The maximum atomic E-state index is 9.89. The third-order valence-electron chi connectivity index (χ3n) is 10.4. The number of halogens is 1. The van der Waals surface area contributed by atoms with E-state index in [1.54, 1.807) is 75.5 Å². The van der Waals surface area contributed by atoms with Crippen LogP contribution in [0.1, 0.15) is 27.7 Å². The molecule has 0 N–H and O–H groups in total. The minimum absolute atomic E-state index is 0.560. The van der Waals surface area contributed by atoms with Crippen molar-refractivity contribution in [1.29, 1.82) is 0 Å². The topological polar surface area (TPSA) is 143 Å². The van der Waals surface area contributed by atoms with Gasteiger partial charge < -0.3 is 52.3 Å². The van der Waals surface area contributed by atoms with E-state index in [9.17, 15) is 4.32 Å². The second kappa shape index (κ2) is 30.8. The Morgan fingerprint density at radius 3 is 0.816 bits per heavy atom. The van der Waals surface area contributed by atoms with Crippen LogP contribution in [0.15, 0.2) is 207 Å². The molecule has 2 heterocycles. The molecular formula is C58H58BFO12S4. The third-order valence-corrected chi connectivity index (χ3v) is 14.0. The molecular weight excluding hydrogens is 1050 g/mol. The maximum Gasteiger partial charge on any atom is 0.394 e. The fourth-order valence-corrected chi connectivity index (χ4v) is 10.3. The van der Waals surface area contributed by atoms with Crippen LogP contribution >= 0.6 is 47.0 Å². The lowest BCUT2D eigenvalue weighted by Gasteiger charge is -2.12. The Morgan fingerprint density at radius 1 is 0.355 bits per heavy atom. The van der Waals surface area contributed by atoms with Crippen LogP contribution in [-0.2, 0) is 0 Å². The van der Waals surface area contributed by atoms with Crippen LogP contribution in [0.25, 0.3) is 22.3 Å². The zero-order valence-corrected chi connectivity index (χ0v) is 46.6. The highest BCUT2D eigenvalue weighted by Gasteiger charge is 2.23. The number of hydrogen-bond acceptors (Lipinski definition) is 14. The first-order valence-electron chi connectivity index (χ1n) is 24.0. The second-order valence-electron chi connectivity index (χ2n) is 15.4. The predicted molar refractivity (Wildman–Crippen MR) is 297 cm³/mol. The van der Waals surface area contributed by atoms with E-state index in [-0.39, 0.29) is 0 Å². The van der Waals surface area contributed by atoms with Gasteiger partial charge in [0.1, 0.15) is 30.4 Å². The lowest BCUT2D eigenvalue weighted by Crippen LogP contribution is -2.39. The van der Waals surface area contributed by atoms with E-state index in [0.29, 0.717) is 26.4 Å². The molecule has 396 valence electrons. The van der Waals surface area contributed by atoms with Crippen molar-refractivity contribution < 1.29 is 61.1 Å². The molecule has 6 aromatic carbocycles. The summed E-state index contributed by atoms with van der Waals surface area (Å²) in [6.07, 6.45) is 0. The fourth-order valence-electron chi connectivity index (χ4n) is 6.94. The number of rotatable bonds is 22. The van der Waals surface area contributed by atoms with Gasteiger partial charge in [0.2, 0.25) is 0 Å². The van der Waals surface area contributed by atoms with E-state index in [4.69, 9.17) is 56.8 Å². The fraction of sp³-hybridized carbons (Fsp3) is 0.207. The molecule has 0 spiro atoms. The molecule has 0 bridgehead atoms. The molecule has 0 aliphatic carbocycles. The lowest BCUT2D eigenvalue weighted by atomic mass is 10.1. The Labute approximate surface area is 461 Å². The van der Waals surface area contributed by atoms with Gasteiger partial charge in [-0.1, -0.05) is 12.1 Å². The summed E-state index contributed by atoms with van der Waals surface area (Å²) in [5, 5.41) is 19.7. The van der Waals surface area contributed by atoms with Gasteiger partial charge in [-0.25, -0.2) is 0 Å². The van der Waals surface area contributed by atoms with Gasteiger partial charge >= 0.3 is 20.4 Å². The molecule has 76 heavy (non-hydrogen) atoms. The molecule has 8 aromatic rings. The summed E-state index contributed by atoms with van der Waals surface area (Å²) in [5.74, 6) is 6.21. The predicted octanol–water partition coefficient (Wildman–Crippen LogP) is 14.4. The quantitative estimate of drug-likeness (QED) is 0.0469. The van der Waals surface area contributed by atoms with E-state index in [1.165, 1.54) is 0 Å². The van der Waals surface area contributed by atoms with Crippen molar-refractivity contribution in [2.24, 2.45) is 0 Å². The van der Waals surface area contributed by atoms with Crippen LogP contribution in [-0.4, -0.2) is 62.3 Å². The van der Waals surface area contributed by atoms with Crippen LogP contribution in [0, 0.1) is 0 Å². The zero-order chi connectivity index (χ0) is 54.2. The Balaban J connectivity index is 0.000000230. The zero-order valence-electron chi connectivity index (χ0n) is 43.3. The molecule has 12 nitrogen and oxygen atoms in total. The van der Waals surface area contributed by atoms with Crippen molar-refractivity contribution in [2.45, 2.75) is 67.6 Å². The van der Waals surface area contributed by atoms with Crippen molar-refractivity contribution in [3.63, 3.8) is 0 Å². The molecule has 0 radical (unpaired) electrons. The first-order valence-corrected chi connectivity index (χ1v) is 27.2. The summed E-state index contributed by atoms with van der Waals surface area (Å²) >= 11 is 6.24. The SMILES string of the molecule is CCOc1ccc(-c2cc(Sc3ccc(OC)cc3)[o+]c(Sc3ccc(OC)cc3)c2)cc1OCC.CCOc1ccc(-c2cc(Sc3ccc(OC)cc3)[o+]c(Sc3ccc(OC)cc3)c2)cc1OCC.[O-]B([O-])F. The number of methoxy groups -OCH3 is 4. The van der Waals surface area contributed by atoms with E-state index in [2.05, 4.69) is 24.3 Å². The second-order valence-corrected chi connectivity index (χ2v) is 19.7. The van der Waals surface area contributed by atoms with Gasteiger partial charge in [-0.05, 0) is 160 Å². The average molecular weight is 1110 g/mol. The van der Waals surface area contributed by atoms with Gasteiger partial charge in [0.05, 0.1) is 79.1 Å². The highest BCUT2D eigenvalue weighted by molar-refractivity contribution is 8.00. The smallest absolute Gasteiger partial charge is 0.394 e. The Bertz CT molecular complexity index is 2690. The minimum Gasteiger partial charge on any atom is -0.867 e. The summed E-state index contributed by atoms with van der Waals surface area (Å²) < 4.78 is 66.9. The van der Waals surface area contributed by atoms with Gasteiger partial charge in [-0.15, -0.1) is 0 Å². The van der Waals surface area contributed by atoms with Crippen LogP contribution in [0.4, 0.5) is 4.32 Å². The van der Waals surface area contributed by atoms with Gasteiger partial charge in [0, 0.05) is 77.8 Å². The number of ether oxygens (including phenoxy) is 8. The van der Waals surface area contributed by atoms with Crippen molar-refractivity contribution >= 4 is 54.4 Å². The monoisotopic (exact) mass is 1100 g/mol. The van der Waals surface area contributed by atoms with Gasteiger partial charge in [0.25, 0.3) is 0 Å². The van der Waals surface area contributed by atoms with E-state index in [1.807, 2.05) is 161 Å². The van der Waals surface area contributed by atoms with E-state index < -0.39 is 7.40 Å². The molecule has 0 aliphatic rings. The Morgan fingerprint density at radius 2 is 0.592 bits per heavy atom. The molecule has 0 aliphatic heterocycles. The summed E-state index contributed by atoms with van der Waals surface area (Å²) in [5.41, 5.74) is 4.09. The van der Waals surface area contributed by atoms with Crippen LogP contribution < -0.4 is 47.9 Å². The first-order chi connectivity index (χ1) is 37.0. The van der Waals surface area contributed by atoms with Crippen molar-refractivity contribution in [1.82, 2.24) is 0 Å². The summed E-state index contributed by atoms with van der Waals surface area (Å²) in [4.78, 5) is 4.22. The highest BCUT2D eigenvalue weighted by atomic mass is 32.2. The summed E-state index contributed by atoms with van der Waals surface area (Å²) in [6, 6.07) is 52.0. The molecule has 8 rings (SSSR count). The van der Waals surface area contributed by atoms with Crippen LogP contribution in [0.3, 0.4) is 0 Å². The molecule has 2 aromatic heterocycles. The van der Waals surface area contributed by atoms with E-state index in [0.717, 1.165) is 108 Å². The standard InChI is InChI=1S/2C29H29O5S2.BFO2/c2*1-5-32-26-16-7-20(17-27(26)33-6-2)21-18-28(35-24-12-8-22(30-3)9-13-24)34-29(19-21)36-25-14-10-23(31-4)11-15-25;2-1(3)4/h2*7-19H,5-6H2,1-4H3;/q2*+1;-2. The lowest BCUT2D eigenvalue weighted by molar-refractivity contribution is -0.366. The Kier molecular flexibility index (Phi) is 23.7.